The average molecular weight is 227 g/mol. The summed E-state index contributed by atoms with van der Waals surface area (Å²) in [7, 11) is 0. The summed E-state index contributed by atoms with van der Waals surface area (Å²) in [5.41, 5.74) is 0. The van der Waals surface area contributed by atoms with Crippen molar-refractivity contribution in [1.82, 2.24) is 15.1 Å². The van der Waals surface area contributed by atoms with E-state index in [2.05, 4.69) is 5.32 Å². The minimum absolute atomic E-state index is 0.0258. The van der Waals surface area contributed by atoms with E-state index < -0.39 is 0 Å². The fraction of sp³-hybridized carbons (Fsp3) is 0.818. The Labute approximate surface area is 96.8 Å². The summed E-state index contributed by atoms with van der Waals surface area (Å²) in [5.74, 6) is -0.0258. The monoisotopic (exact) mass is 227 g/mol. The Bertz CT molecular complexity index is 264. The van der Waals surface area contributed by atoms with Crippen LogP contribution < -0.4 is 5.32 Å². The molecule has 0 aromatic rings. The van der Waals surface area contributed by atoms with E-state index in [9.17, 15) is 9.59 Å². The van der Waals surface area contributed by atoms with Gasteiger partial charge >= 0.3 is 6.03 Å². The maximum atomic E-state index is 12.0. The Morgan fingerprint density at radius 1 is 1.38 bits per heavy atom. The molecule has 5 nitrogen and oxygen atoms in total. The van der Waals surface area contributed by atoms with Crippen LogP contribution in [0.3, 0.4) is 0 Å². The zero-order valence-corrected chi connectivity index (χ0v) is 10.3. The van der Waals surface area contributed by atoms with Gasteiger partial charge in [0, 0.05) is 39.1 Å². The number of nitrogens with one attached hydrogen (secondary N) is 1. The van der Waals surface area contributed by atoms with Gasteiger partial charge in [-0.2, -0.15) is 0 Å². The van der Waals surface area contributed by atoms with Crippen molar-refractivity contribution < 1.29 is 9.59 Å². The molecule has 5 heteroatoms. The molecule has 1 fully saturated rings. The maximum absolute atomic E-state index is 12.0. The standard InChI is InChI=1S/C11H21N3O2/c1-4-13(5-2)11(16)14-7-6-10(8-14)12-9(3)15/h10H,4-8H2,1-3H3,(H,12,15). The first-order valence-corrected chi connectivity index (χ1v) is 5.89. The number of likely N-dealkylation sites (tertiary alicyclic amines) is 1. The molecule has 92 valence electrons. The van der Waals surface area contributed by atoms with Crippen LogP contribution in [0.5, 0.6) is 0 Å². The second kappa shape index (κ2) is 5.72. The molecular weight excluding hydrogens is 206 g/mol. The van der Waals surface area contributed by atoms with Gasteiger partial charge < -0.3 is 15.1 Å². The molecule has 0 aromatic heterocycles. The number of carbonyl (C=O) groups is 2. The van der Waals surface area contributed by atoms with E-state index in [0.717, 1.165) is 26.1 Å². The molecule has 1 atom stereocenters. The lowest BCUT2D eigenvalue weighted by Crippen LogP contribution is -2.43. The van der Waals surface area contributed by atoms with Gasteiger partial charge in [-0.3, -0.25) is 4.79 Å². The zero-order valence-electron chi connectivity index (χ0n) is 10.3. The molecule has 1 aliphatic rings. The summed E-state index contributed by atoms with van der Waals surface area (Å²) in [5, 5.41) is 2.85. The van der Waals surface area contributed by atoms with Gasteiger partial charge in [-0.1, -0.05) is 0 Å². The molecule has 1 unspecified atom stereocenters. The Balaban J connectivity index is 2.46. The van der Waals surface area contributed by atoms with E-state index in [1.54, 1.807) is 4.90 Å². The summed E-state index contributed by atoms with van der Waals surface area (Å²) in [6.45, 7) is 8.29. The van der Waals surface area contributed by atoms with Crippen LogP contribution in [0, 0.1) is 0 Å². The van der Waals surface area contributed by atoms with E-state index >= 15 is 0 Å². The van der Waals surface area contributed by atoms with Crippen LogP contribution >= 0.6 is 0 Å². The molecule has 0 bridgehead atoms. The van der Waals surface area contributed by atoms with Gasteiger partial charge in [0.1, 0.15) is 0 Å². The van der Waals surface area contributed by atoms with Gasteiger partial charge in [0.25, 0.3) is 0 Å². The fourth-order valence-corrected chi connectivity index (χ4v) is 2.03. The molecule has 1 heterocycles. The van der Waals surface area contributed by atoms with Gasteiger partial charge in [-0.15, -0.1) is 0 Å². The molecule has 1 rings (SSSR count). The number of urea groups is 1. The van der Waals surface area contributed by atoms with Gasteiger partial charge in [0.2, 0.25) is 5.91 Å². The van der Waals surface area contributed by atoms with Crippen LogP contribution in [0.4, 0.5) is 4.79 Å². The Morgan fingerprint density at radius 2 is 2.00 bits per heavy atom. The largest absolute Gasteiger partial charge is 0.352 e. The van der Waals surface area contributed by atoms with Gasteiger partial charge in [-0.05, 0) is 20.3 Å². The lowest BCUT2D eigenvalue weighted by atomic mass is 10.3. The summed E-state index contributed by atoms with van der Waals surface area (Å²) < 4.78 is 0. The molecule has 16 heavy (non-hydrogen) atoms. The number of nitrogens with zero attached hydrogens (tertiary/aromatic N) is 2. The third kappa shape index (κ3) is 3.12. The zero-order chi connectivity index (χ0) is 12.1. The smallest absolute Gasteiger partial charge is 0.320 e. The van der Waals surface area contributed by atoms with Gasteiger partial charge in [0.05, 0.1) is 0 Å². The third-order valence-electron chi connectivity index (χ3n) is 2.90. The van der Waals surface area contributed by atoms with Crippen molar-refractivity contribution in [3.8, 4) is 0 Å². The highest BCUT2D eigenvalue weighted by molar-refractivity contribution is 5.76. The topological polar surface area (TPSA) is 52.7 Å². The van der Waals surface area contributed by atoms with Crippen molar-refractivity contribution in [2.24, 2.45) is 0 Å². The van der Waals surface area contributed by atoms with Crippen LogP contribution in [-0.2, 0) is 4.79 Å². The Hall–Kier alpha value is -1.26. The molecule has 0 saturated carbocycles. The quantitative estimate of drug-likeness (QED) is 0.770. The van der Waals surface area contributed by atoms with Crippen molar-refractivity contribution >= 4 is 11.9 Å². The molecule has 3 amide bonds. The van der Waals surface area contributed by atoms with Gasteiger partial charge in [-0.25, -0.2) is 4.79 Å². The van der Waals surface area contributed by atoms with Crippen LogP contribution in [0.2, 0.25) is 0 Å². The van der Waals surface area contributed by atoms with E-state index in [1.165, 1.54) is 6.92 Å². The summed E-state index contributed by atoms with van der Waals surface area (Å²) in [6, 6.07) is 0.204. The molecule has 0 aliphatic carbocycles. The maximum Gasteiger partial charge on any atom is 0.320 e. The molecule has 0 aromatic carbocycles. The van der Waals surface area contributed by atoms with Crippen LogP contribution in [0.1, 0.15) is 27.2 Å². The molecule has 0 spiro atoms. The predicted molar refractivity (Wildman–Crippen MR) is 62.1 cm³/mol. The first kappa shape index (κ1) is 12.8. The highest BCUT2D eigenvalue weighted by atomic mass is 16.2. The van der Waals surface area contributed by atoms with Gasteiger partial charge in [0.15, 0.2) is 0 Å². The van der Waals surface area contributed by atoms with E-state index in [1.807, 2.05) is 18.7 Å². The Kier molecular flexibility index (Phi) is 4.58. The Morgan fingerprint density at radius 3 is 2.50 bits per heavy atom. The number of hydrogen-bond donors (Lipinski definition) is 1. The highest BCUT2D eigenvalue weighted by Crippen LogP contribution is 2.11. The number of carbonyl (C=O) groups excluding carboxylic acids is 2. The normalized spacial score (nSPS) is 19.7. The fourth-order valence-electron chi connectivity index (χ4n) is 2.03. The van der Waals surface area contributed by atoms with Crippen LogP contribution in [0.15, 0.2) is 0 Å². The molecule has 1 saturated heterocycles. The summed E-state index contributed by atoms with van der Waals surface area (Å²) in [6.07, 6.45) is 0.854. The highest BCUT2D eigenvalue weighted by Gasteiger charge is 2.28. The molecule has 1 N–H and O–H groups in total. The van der Waals surface area contributed by atoms with E-state index in [4.69, 9.17) is 0 Å². The van der Waals surface area contributed by atoms with Crippen molar-refractivity contribution in [3.05, 3.63) is 0 Å². The minimum Gasteiger partial charge on any atom is -0.352 e. The van der Waals surface area contributed by atoms with E-state index in [0.29, 0.717) is 6.54 Å². The first-order chi connectivity index (χ1) is 7.58. The number of hydrogen-bond acceptors (Lipinski definition) is 2. The van der Waals surface area contributed by atoms with Crippen LogP contribution in [-0.4, -0.2) is 54.0 Å². The van der Waals surface area contributed by atoms with Crippen molar-refractivity contribution in [2.75, 3.05) is 26.2 Å². The number of rotatable bonds is 3. The predicted octanol–water partition coefficient (Wildman–Crippen LogP) is 0.659. The molecular formula is C11H21N3O2. The second-order valence-corrected chi connectivity index (χ2v) is 4.09. The third-order valence-corrected chi connectivity index (χ3v) is 2.90. The van der Waals surface area contributed by atoms with E-state index in [-0.39, 0.29) is 18.0 Å². The van der Waals surface area contributed by atoms with Crippen molar-refractivity contribution in [3.63, 3.8) is 0 Å². The van der Waals surface area contributed by atoms with Crippen LogP contribution in [0.25, 0.3) is 0 Å². The summed E-state index contributed by atoms with van der Waals surface area (Å²) in [4.78, 5) is 26.5. The molecule has 0 radical (unpaired) electrons. The average Bonchev–Trinajstić information content (AvgIpc) is 2.67. The van der Waals surface area contributed by atoms with Crippen molar-refractivity contribution in [2.45, 2.75) is 33.2 Å². The molecule has 1 aliphatic heterocycles. The number of amides is 3. The second-order valence-electron chi connectivity index (χ2n) is 4.09. The lowest BCUT2D eigenvalue weighted by molar-refractivity contribution is -0.119. The lowest BCUT2D eigenvalue weighted by Gasteiger charge is -2.25. The van der Waals surface area contributed by atoms with Crippen molar-refractivity contribution in [1.29, 1.82) is 0 Å². The minimum atomic E-state index is -0.0258. The first-order valence-electron chi connectivity index (χ1n) is 5.89. The summed E-state index contributed by atoms with van der Waals surface area (Å²) >= 11 is 0. The SMILES string of the molecule is CCN(CC)C(=O)N1CCC(NC(C)=O)C1.